The fourth-order valence-corrected chi connectivity index (χ4v) is 1.52. The third kappa shape index (κ3) is 3.04. The Morgan fingerprint density at radius 1 is 1.35 bits per heavy atom. The molecule has 0 amide bonds. The lowest BCUT2D eigenvalue weighted by Crippen LogP contribution is -2.11. The lowest BCUT2D eigenvalue weighted by molar-refractivity contribution is 0.377. The summed E-state index contributed by atoms with van der Waals surface area (Å²) in [5, 5.41) is 16.5. The summed E-state index contributed by atoms with van der Waals surface area (Å²) >= 11 is 0. The van der Waals surface area contributed by atoms with E-state index in [0.717, 1.165) is 18.5 Å². The summed E-state index contributed by atoms with van der Waals surface area (Å²) < 4.78 is 5.12. The molecule has 2 rings (SSSR count). The number of benzene rings is 1. The van der Waals surface area contributed by atoms with Crippen molar-refractivity contribution >= 4 is 0 Å². The molecule has 5 heteroatoms. The standard InChI is InChI=1S/C12H15N3O2/c1-13-7-6-11-14-12(17-15-11)8-9-4-2-3-5-10(9)16/h2-5,13,16H,6-8H2,1H3. The summed E-state index contributed by atoms with van der Waals surface area (Å²) in [6.45, 7) is 0.815. The molecule has 0 fully saturated rings. The van der Waals surface area contributed by atoms with Crippen molar-refractivity contribution in [2.75, 3.05) is 13.6 Å². The molecule has 0 aliphatic heterocycles. The number of hydrogen-bond acceptors (Lipinski definition) is 5. The first-order valence-corrected chi connectivity index (χ1v) is 5.52. The number of hydrogen-bond donors (Lipinski definition) is 2. The molecular formula is C12H15N3O2. The van der Waals surface area contributed by atoms with Crippen LogP contribution in [0.5, 0.6) is 5.75 Å². The molecule has 0 saturated heterocycles. The predicted molar refractivity (Wildman–Crippen MR) is 62.8 cm³/mol. The number of phenols is 1. The minimum atomic E-state index is 0.252. The fourth-order valence-electron chi connectivity index (χ4n) is 1.52. The molecule has 0 bridgehead atoms. The van der Waals surface area contributed by atoms with E-state index in [9.17, 15) is 5.11 Å². The van der Waals surface area contributed by atoms with E-state index >= 15 is 0 Å². The molecule has 90 valence electrons. The molecule has 17 heavy (non-hydrogen) atoms. The van der Waals surface area contributed by atoms with E-state index in [4.69, 9.17) is 4.52 Å². The SMILES string of the molecule is CNCCc1noc(Cc2ccccc2O)n1. The van der Waals surface area contributed by atoms with E-state index < -0.39 is 0 Å². The van der Waals surface area contributed by atoms with Crippen molar-refractivity contribution < 1.29 is 9.63 Å². The maximum atomic E-state index is 9.62. The number of aromatic nitrogens is 2. The van der Waals surface area contributed by atoms with Crippen LogP contribution in [0.1, 0.15) is 17.3 Å². The highest BCUT2D eigenvalue weighted by atomic mass is 16.5. The van der Waals surface area contributed by atoms with Crippen LogP contribution in [-0.2, 0) is 12.8 Å². The van der Waals surface area contributed by atoms with Crippen LogP contribution in [0.3, 0.4) is 0 Å². The van der Waals surface area contributed by atoms with Gasteiger partial charge in [0.25, 0.3) is 0 Å². The van der Waals surface area contributed by atoms with E-state index in [1.807, 2.05) is 19.2 Å². The van der Waals surface area contributed by atoms with E-state index in [1.165, 1.54) is 0 Å². The molecule has 0 saturated carbocycles. The van der Waals surface area contributed by atoms with E-state index in [1.54, 1.807) is 12.1 Å². The molecule has 1 heterocycles. The first-order valence-electron chi connectivity index (χ1n) is 5.52. The van der Waals surface area contributed by atoms with E-state index in [2.05, 4.69) is 15.5 Å². The highest BCUT2D eigenvalue weighted by Crippen LogP contribution is 2.18. The smallest absolute Gasteiger partial charge is 0.231 e. The normalized spacial score (nSPS) is 10.6. The van der Waals surface area contributed by atoms with Gasteiger partial charge >= 0.3 is 0 Å². The van der Waals surface area contributed by atoms with Crippen LogP contribution in [0.4, 0.5) is 0 Å². The van der Waals surface area contributed by atoms with Crippen LogP contribution in [0.25, 0.3) is 0 Å². The van der Waals surface area contributed by atoms with Gasteiger partial charge in [0, 0.05) is 18.5 Å². The second-order valence-electron chi connectivity index (χ2n) is 3.76. The Labute approximate surface area is 99.5 Å². The summed E-state index contributed by atoms with van der Waals surface area (Å²) in [7, 11) is 1.88. The van der Waals surface area contributed by atoms with Gasteiger partial charge in [-0.2, -0.15) is 4.98 Å². The number of rotatable bonds is 5. The third-order valence-electron chi connectivity index (χ3n) is 2.44. The second kappa shape index (κ2) is 5.45. The molecule has 0 atom stereocenters. The zero-order chi connectivity index (χ0) is 12.1. The van der Waals surface area contributed by atoms with Gasteiger partial charge < -0.3 is 14.9 Å². The van der Waals surface area contributed by atoms with Gasteiger partial charge in [-0.15, -0.1) is 0 Å². The average molecular weight is 233 g/mol. The van der Waals surface area contributed by atoms with Gasteiger partial charge in [-0.3, -0.25) is 0 Å². The summed E-state index contributed by atoms with van der Waals surface area (Å²) in [6, 6.07) is 7.14. The summed E-state index contributed by atoms with van der Waals surface area (Å²) in [5.74, 6) is 1.46. The molecule has 0 aliphatic carbocycles. The van der Waals surface area contributed by atoms with Gasteiger partial charge in [0.2, 0.25) is 5.89 Å². The fraction of sp³-hybridized carbons (Fsp3) is 0.333. The monoisotopic (exact) mass is 233 g/mol. The molecular weight excluding hydrogens is 218 g/mol. The van der Waals surface area contributed by atoms with Gasteiger partial charge in [-0.1, -0.05) is 23.4 Å². The van der Waals surface area contributed by atoms with E-state index in [-0.39, 0.29) is 5.75 Å². The van der Waals surface area contributed by atoms with Crippen LogP contribution in [0.2, 0.25) is 0 Å². The number of nitrogens with one attached hydrogen (secondary N) is 1. The van der Waals surface area contributed by atoms with Crippen molar-refractivity contribution in [1.82, 2.24) is 15.5 Å². The first kappa shape index (κ1) is 11.6. The topological polar surface area (TPSA) is 71.2 Å². The van der Waals surface area contributed by atoms with Crippen LogP contribution < -0.4 is 5.32 Å². The number of para-hydroxylation sites is 1. The first-order chi connectivity index (χ1) is 8.29. The van der Waals surface area contributed by atoms with Crippen molar-refractivity contribution in [2.24, 2.45) is 0 Å². The third-order valence-corrected chi connectivity index (χ3v) is 2.44. The molecule has 5 nitrogen and oxygen atoms in total. The predicted octanol–water partition coefficient (Wildman–Crippen LogP) is 1.13. The zero-order valence-electron chi connectivity index (χ0n) is 9.68. The Bertz CT molecular complexity index is 482. The maximum Gasteiger partial charge on any atom is 0.231 e. The minimum absolute atomic E-state index is 0.252. The van der Waals surface area contributed by atoms with Crippen molar-refractivity contribution in [3.8, 4) is 5.75 Å². The van der Waals surface area contributed by atoms with Gasteiger partial charge in [0.05, 0.1) is 6.42 Å². The highest BCUT2D eigenvalue weighted by Gasteiger charge is 2.08. The molecule has 0 spiro atoms. The highest BCUT2D eigenvalue weighted by molar-refractivity contribution is 5.33. The molecule has 1 aromatic heterocycles. The van der Waals surface area contributed by atoms with Crippen molar-refractivity contribution in [1.29, 1.82) is 0 Å². The van der Waals surface area contributed by atoms with Crippen LogP contribution in [0, 0.1) is 0 Å². The van der Waals surface area contributed by atoms with Crippen molar-refractivity contribution in [3.05, 3.63) is 41.5 Å². The van der Waals surface area contributed by atoms with Crippen LogP contribution >= 0.6 is 0 Å². The Hall–Kier alpha value is -1.88. The summed E-state index contributed by atoms with van der Waals surface area (Å²) in [4.78, 5) is 4.26. The second-order valence-corrected chi connectivity index (χ2v) is 3.76. The zero-order valence-corrected chi connectivity index (χ0v) is 9.68. The van der Waals surface area contributed by atoms with Gasteiger partial charge in [-0.25, -0.2) is 0 Å². The quantitative estimate of drug-likeness (QED) is 0.810. The van der Waals surface area contributed by atoms with Gasteiger partial charge in [0.15, 0.2) is 5.82 Å². The lowest BCUT2D eigenvalue weighted by Gasteiger charge is -1.99. The Balaban J connectivity index is 2.04. The number of nitrogens with zero attached hydrogens (tertiary/aromatic N) is 2. The Kier molecular flexibility index (Phi) is 3.72. The number of likely N-dealkylation sites (N-methyl/N-ethyl adjacent to an activating group) is 1. The van der Waals surface area contributed by atoms with E-state index in [0.29, 0.717) is 18.1 Å². The molecule has 2 aromatic rings. The number of aromatic hydroxyl groups is 1. The molecule has 0 unspecified atom stereocenters. The maximum absolute atomic E-state index is 9.62. The van der Waals surface area contributed by atoms with Crippen molar-refractivity contribution in [3.63, 3.8) is 0 Å². The molecule has 0 aliphatic rings. The average Bonchev–Trinajstić information content (AvgIpc) is 2.77. The molecule has 2 N–H and O–H groups in total. The minimum Gasteiger partial charge on any atom is -0.508 e. The summed E-state index contributed by atoms with van der Waals surface area (Å²) in [5.41, 5.74) is 0.788. The lowest BCUT2D eigenvalue weighted by atomic mass is 10.1. The van der Waals surface area contributed by atoms with Crippen molar-refractivity contribution in [2.45, 2.75) is 12.8 Å². The van der Waals surface area contributed by atoms with Gasteiger partial charge in [-0.05, 0) is 13.1 Å². The molecule has 1 aromatic carbocycles. The Morgan fingerprint density at radius 3 is 2.94 bits per heavy atom. The molecule has 0 radical (unpaired) electrons. The number of phenolic OH excluding ortho intramolecular Hbond substituents is 1. The Morgan fingerprint density at radius 2 is 2.18 bits per heavy atom. The summed E-state index contributed by atoms with van der Waals surface area (Å²) in [6.07, 6.45) is 1.19. The van der Waals surface area contributed by atoms with Crippen LogP contribution in [0.15, 0.2) is 28.8 Å². The van der Waals surface area contributed by atoms with Gasteiger partial charge in [0.1, 0.15) is 5.75 Å². The van der Waals surface area contributed by atoms with Crippen LogP contribution in [-0.4, -0.2) is 28.8 Å². The largest absolute Gasteiger partial charge is 0.508 e.